The summed E-state index contributed by atoms with van der Waals surface area (Å²) in [6.45, 7) is 3.91. The van der Waals surface area contributed by atoms with Crippen molar-refractivity contribution in [2.75, 3.05) is 0 Å². The number of esters is 1. The molecule has 128 valence electrons. The van der Waals surface area contributed by atoms with Crippen LogP contribution < -0.4 is 0 Å². The van der Waals surface area contributed by atoms with E-state index in [0.717, 1.165) is 15.3 Å². The predicted molar refractivity (Wildman–Crippen MR) is 97.0 cm³/mol. The van der Waals surface area contributed by atoms with Crippen LogP contribution in [0.25, 0.3) is 16.5 Å². The fourth-order valence-electron chi connectivity index (χ4n) is 2.09. The maximum absolute atomic E-state index is 11.8. The van der Waals surface area contributed by atoms with Crippen molar-refractivity contribution in [1.82, 2.24) is 10.1 Å². The highest BCUT2D eigenvalue weighted by Crippen LogP contribution is 2.28. The van der Waals surface area contributed by atoms with Gasteiger partial charge in [0.15, 0.2) is 12.4 Å². The molecule has 6 heteroatoms. The molecule has 0 radical (unpaired) electrons. The van der Waals surface area contributed by atoms with E-state index in [-0.39, 0.29) is 12.5 Å². The van der Waals surface area contributed by atoms with Crippen LogP contribution in [0.5, 0.6) is 0 Å². The van der Waals surface area contributed by atoms with E-state index >= 15 is 0 Å². The van der Waals surface area contributed by atoms with Gasteiger partial charge in [0.25, 0.3) is 5.89 Å². The summed E-state index contributed by atoms with van der Waals surface area (Å²) in [5, 5.41) is 3.83. The van der Waals surface area contributed by atoms with Crippen LogP contribution in [0.2, 0.25) is 0 Å². The van der Waals surface area contributed by atoms with Gasteiger partial charge in [-0.05, 0) is 23.8 Å². The highest BCUT2D eigenvalue weighted by Gasteiger charge is 2.10. The minimum absolute atomic E-state index is 0.0252. The molecule has 0 atom stereocenters. The van der Waals surface area contributed by atoms with Gasteiger partial charge in [-0.25, -0.2) is 4.79 Å². The minimum atomic E-state index is -0.445. The van der Waals surface area contributed by atoms with Crippen LogP contribution in [0, 0.1) is 0 Å². The summed E-state index contributed by atoms with van der Waals surface area (Å²) in [5.41, 5.74) is 1.16. The first kappa shape index (κ1) is 17.1. The van der Waals surface area contributed by atoms with Gasteiger partial charge in [-0.15, -0.1) is 11.3 Å². The van der Waals surface area contributed by atoms with Crippen molar-refractivity contribution in [2.24, 2.45) is 0 Å². The monoisotopic (exact) mass is 354 g/mol. The second-order valence-electron chi connectivity index (χ2n) is 5.71. The van der Waals surface area contributed by atoms with Gasteiger partial charge in [0.2, 0.25) is 0 Å². The lowest BCUT2D eigenvalue weighted by Crippen LogP contribution is -2.01. The number of benzene rings is 1. The molecule has 5 nitrogen and oxygen atoms in total. The summed E-state index contributed by atoms with van der Waals surface area (Å²) >= 11 is 1.61. The van der Waals surface area contributed by atoms with E-state index in [0.29, 0.717) is 11.7 Å². The number of thiophene rings is 1. The van der Waals surface area contributed by atoms with Gasteiger partial charge >= 0.3 is 5.97 Å². The second-order valence-corrected chi connectivity index (χ2v) is 6.83. The maximum Gasteiger partial charge on any atom is 0.331 e. The number of ether oxygens (including phenoxy) is 1. The van der Waals surface area contributed by atoms with Gasteiger partial charge in [0.05, 0.1) is 0 Å². The van der Waals surface area contributed by atoms with Crippen LogP contribution in [-0.4, -0.2) is 16.1 Å². The van der Waals surface area contributed by atoms with Gasteiger partial charge in [-0.2, -0.15) is 4.98 Å². The molecule has 0 saturated carbocycles. The summed E-state index contributed by atoms with van der Waals surface area (Å²) in [7, 11) is 0. The third-order valence-corrected chi connectivity index (χ3v) is 4.51. The van der Waals surface area contributed by atoms with Crippen molar-refractivity contribution in [3.63, 3.8) is 0 Å². The number of carbonyl (C=O) groups excluding carboxylic acids is 1. The average Bonchev–Trinajstić information content (AvgIpc) is 3.28. The molecule has 0 aliphatic carbocycles. The van der Waals surface area contributed by atoms with Gasteiger partial charge in [-0.1, -0.05) is 49.3 Å². The number of aromatic nitrogens is 2. The molecule has 0 aliphatic heterocycles. The number of carbonyl (C=O) groups is 1. The van der Waals surface area contributed by atoms with Crippen LogP contribution >= 0.6 is 11.3 Å². The Bertz CT molecular complexity index is 866. The van der Waals surface area contributed by atoms with Crippen LogP contribution in [0.3, 0.4) is 0 Å². The highest BCUT2D eigenvalue weighted by molar-refractivity contribution is 7.16. The molecule has 3 rings (SSSR count). The van der Waals surface area contributed by atoms with Crippen molar-refractivity contribution in [3.8, 4) is 10.4 Å². The molecule has 3 aromatic rings. The molecule has 0 amide bonds. The number of nitrogens with zero attached hydrogens (tertiary/aromatic N) is 2. The normalized spacial score (nSPS) is 11.3. The lowest BCUT2D eigenvalue weighted by atomic mass is 10.2. The molecule has 25 heavy (non-hydrogen) atoms. The molecule has 0 spiro atoms. The molecule has 2 aromatic heterocycles. The van der Waals surface area contributed by atoms with Crippen molar-refractivity contribution < 1.29 is 14.1 Å². The highest BCUT2D eigenvalue weighted by atomic mass is 32.1. The molecule has 0 bridgehead atoms. The minimum Gasteiger partial charge on any atom is -0.452 e. The zero-order valence-corrected chi connectivity index (χ0v) is 14.8. The van der Waals surface area contributed by atoms with Gasteiger partial charge in [-0.3, -0.25) is 0 Å². The van der Waals surface area contributed by atoms with E-state index in [4.69, 9.17) is 9.26 Å². The molecule has 0 saturated heterocycles. The molecule has 2 heterocycles. The molecule has 0 N–H and O–H groups in total. The Morgan fingerprint density at radius 3 is 2.76 bits per heavy atom. The zero-order valence-electron chi connectivity index (χ0n) is 14.0. The Labute approximate surface area is 150 Å². The average molecular weight is 354 g/mol. The lowest BCUT2D eigenvalue weighted by Gasteiger charge is -1.96. The third-order valence-electron chi connectivity index (χ3n) is 3.41. The van der Waals surface area contributed by atoms with Crippen molar-refractivity contribution in [2.45, 2.75) is 26.4 Å². The summed E-state index contributed by atoms with van der Waals surface area (Å²) in [4.78, 5) is 18.1. The Hall–Kier alpha value is -2.73. The van der Waals surface area contributed by atoms with Gasteiger partial charge in [0, 0.05) is 21.7 Å². The van der Waals surface area contributed by atoms with Crippen molar-refractivity contribution in [3.05, 3.63) is 65.1 Å². The Morgan fingerprint density at radius 2 is 2.04 bits per heavy atom. The van der Waals surface area contributed by atoms with Crippen LogP contribution in [0.1, 0.15) is 36.4 Å². The Morgan fingerprint density at radius 1 is 1.24 bits per heavy atom. The third kappa shape index (κ3) is 4.64. The Kier molecular flexibility index (Phi) is 5.40. The molecular formula is C19H18N2O3S. The molecule has 0 aliphatic rings. The number of rotatable bonds is 6. The van der Waals surface area contributed by atoms with E-state index < -0.39 is 5.97 Å². The summed E-state index contributed by atoms with van der Waals surface area (Å²) < 4.78 is 10.1. The van der Waals surface area contributed by atoms with E-state index in [1.54, 1.807) is 17.4 Å². The molecule has 0 unspecified atom stereocenters. The second kappa shape index (κ2) is 7.90. The number of hydrogen-bond acceptors (Lipinski definition) is 6. The Balaban J connectivity index is 1.55. The first-order valence-corrected chi connectivity index (χ1v) is 8.76. The van der Waals surface area contributed by atoms with Gasteiger partial charge < -0.3 is 9.26 Å². The van der Waals surface area contributed by atoms with E-state index in [9.17, 15) is 4.79 Å². The van der Waals surface area contributed by atoms with Gasteiger partial charge in [0.1, 0.15) is 0 Å². The summed E-state index contributed by atoms with van der Waals surface area (Å²) in [5.74, 6) is 0.631. The first-order chi connectivity index (χ1) is 12.1. The smallest absolute Gasteiger partial charge is 0.331 e. The zero-order chi connectivity index (χ0) is 17.6. The van der Waals surface area contributed by atoms with Crippen molar-refractivity contribution in [1.29, 1.82) is 0 Å². The van der Waals surface area contributed by atoms with Crippen LogP contribution in [-0.2, 0) is 16.1 Å². The molecular weight excluding hydrogens is 336 g/mol. The fraction of sp³-hybridized carbons (Fsp3) is 0.211. The molecule has 0 fully saturated rings. The number of hydrogen-bond donors (Lipinski definition) is 0. The van der Waals surface area contributed by atoms with Crippen LogP contribution in [0.15, 0.2) is 53.1 Å². The predicted octanol–water partition coefficient (Wildman–Crippen LogP) is 4.68. The van der Waals surface area contributed by atoms with E-state index in [1.807, 2.05) is 44.2 Å². The standard InChI is InChI=1S/C19H18N2O3S/c1-13(2)19-20-17(24-21-19)12-23-18(22)11-9-15-8-10-16(25-15)14-6-4-3-5-7-14/h3-11,13H,12H2,1-2H3/b11-9+. The fourth-order valence-corrected chi connectivity index (χ4v) is 3.01. The summed E-state index contributed by atoms with van der Waals surface area (Å²) in [6.07, 6.45) is 3.15. The topological polar surface area (TPSA) is 65.2 Å². The summed E-state index contributed by atoms with van der Waals surface area (Å²) in [6, 6.07) is 14.1. The van der Waals surface area contributed by atoms with Crippen LogP contribution in [0.4, 0.5) is 0 Å². The van der Waals surface area contributed by atoms with Crippen molar-refractivity contribution >= 4 is 23.4 Å². The molecule has 1 aromatic carbocycles. The maximum atomic E-state index is 11.8. The lowest BCUT2D eigenvalue weighted by molar-refractivity contribution is -0.139. The quantitative estimate of drug-likeness (QED) is 0.475. The largest absolute Gasteiger partial charge is 0.452 e. The SMILES string of the molecule is CC(C)c1noc(COC(=O)/C=C/c2ccc(-c3ccccc3)s2)n1. The van der Waals surface area contributed by atoms with E-state index in [1.165, 1.54) is 6.08 Å². The van der Waals surface area contributed by atoms with E-state index in [2.05, 4.69) is 22.3 Å². The first-order valence-electron chi connectivity index (χ1n) is 7.94.